The van der Waals surface area contributed by atoms with Gasteiger partial charge in [-0.05, 0) is 30.0 Å². The molecule has 6 nitrogen and oxygen atoms in total. The Bertz CT molecular complexity index is 542. The van der Waals surface area contributed by atoms with Gasteiger partial charge in [0, 0.05) is 0 Å². The molecule has 1 N–H and O–H groups in total. The number of amides is 1. The molecule has 0 saturated heterocycles. The topological polar surface area (TPSA) is 73.9 Å². The second kappa shape index (κ2) is 9.02. The molecule has 0 radical (unpaired) electrons. The molecule has 0 fully saturated rings. The summed E-state index contributed by atoms with van der Waals surface area (Å²) in [6, 6.07) is 4.64. The lowest BCUT2D eigenvalue weighted by Crippen LogP contribution is -2.43. The first-order valence-electron chi connectivity index (χ1n) is 7.49. The van der Waals surface area contributed by atoms with Gasteiger partial charge in [0.05, 0.1) is 27.8 Å². The van der Waals surface area contributed by atoms with Crippen LogP contribution in [0.3, 0.4) is 0 Å². The summed E-state index contributed by atoms with van der Waals surface area (Å²) in [5.41, 5.74) is 0.772. The van der Waals surface area contributed by atoms with Crippen LogP contribution in [-0.2, 0) is 20.7 Å². The van der Waals surface area contributed by atoms with Gasteiger partial charge in [0.15, 0.2) is 11.5 Å². The fraction of sp³-hybridized carbons (Fsp3) is 0.529. The molecule has 1 aromatic rings. The van der Waals surface area contributed by atoms with Crippen LogP contribution in [0.5, 0.6) is 11.5 Å². The van der Waals surface area contributed by atoms with Gasteiger partial charge >= 0.3 is 5.97 Å². The Morgan fingerprint density at radius 2 is 1.74 bits per heavy atom. The van der Waals surface area contributed by atoms with E-state index in [1.54, 1.807) is 25.3 Å². The van der Waals surface area contributed by atoms with Crippen LogP contribution >= 0.6 is 0 Å². The molecule has 6 heteroatoms. The highest BCUT2D eigenvalue weighted by Gasteiger charge is 2.22. The molecule has 0 saturated carbocycles. The lowest BCUT2D eigenvalue weighted by atomic mass is 10.0. The zero-order valence-corrected chi connectivity index (χ0v) is 14.3. The fourth-order valence-electron chi connectivity index (χ4n) is 2.25. The predicted molar refractivity (Wildman–Crippen MR) is 86.7 cm³/mol. The van der Waals surface area contributed by atoms with E-state index in [-0.39, 0.29) is 18.2 Å². The summed E-state index contributed by atoms with van der Waals surface area (Å²) in [7, 11) is 4.41. The van der Waals surface area contributed by atoms with Crippen molar-refractivity contribution in [1.29, 1.82) is 0 Å². The SMILES string of the molecule is COC(=O)[C@H](CC(C)C)NC(=O)Cc1ccc(OC)c(OC)c1. The number of esters is 1. The number of nitrogens with one attached hydrogen (secondary N) is 1. The summed E-state index contributed by atoms with van der Waals surface area (Å²) in [5.74, 6) is 0.751. The molecular weight excluding hydrogens is 298 g/mol. The van der Waals surface area contributed by atoms with Gasteiger partial charge in [-0.25, -0.2) is 4.79 Å². The van der Waals surface area contributed by atoms with Crippen molar-refractivity contribution >= 4 is 11.9 Å². The molecule has 0 aliphatic heterocycles. The number of hydrogen-bond donors (Lipinski definition) is 1. The molecule has 0 heterocycles. The van der Waals surface area contributed by atoms with Crippen molar-refractivity contribution in [2.75, 3.05) is 21.3 Å². The van der Waals surface area contributed by atoms with Crippen LogP contribution in [0.15, 0.2) is 18.2 Å². The number of rotatable bonds is 8. The Kier molecular flexibility index (Phi) is 7.38. The Morgan fingerprint density at radius 1 is 1.09 bits per heavy atom. The van der Waals surface area contributed by atoms with E-state index in [0.717, 1.165) is 5.56 Å². The van der Waals surface area contributed by atoms with E-state index >= 15 is 0 Å². The van der Waals surface area contributed by atoms with Crippen molar-refractivity contribution in [3.8, 4) is 11.5 Å². The molecule has 1 atom stereocenters. The summed E-state index contributed by atoms with van der Waals surface area (Å²) in [4.78, 5) is 23.9. The van der Waals surface area contributed by atoms with Gasteiger partial charge in [-0.2, -0.15) is 0 Å². The van der Waals surface area contributed by atoms with Crippen LogP contribution in [0.2, 0.25) is 0 Å². The highest BCUT2D eigenvalue weighted by atomic mass is 16.5. The lowest BCUT2D eigenvalue weighted by Gasteiger charge is -2.18. The zero-order chi connectivity index (χ0) is 17.4. The third-order valence-corrected chi connectivity index (χ3v) is 3.34. The quantitative estimate of drug-likeness (QED) is 0.740. The standard InChI is InChI=1S/C17H25NO5/c1-11(2)8-13(17(20)23-5)18-16(19)10-12-6-7-14(21-3)15(9-12)22-4/h6-7,9,11,13H,8,10H2,1-5H3,(H,18,19)/t13-/m0/s1. The van der Waals surface area contributed by atoms with E-state index in [1.807, 2.05) is 13.8 Å². The molecule has 23 heavy (non-hydrogen) atoms. The van der Waals surface area contributed by atoms with Gasteiger partial charge in [0.1, 0.15) is 6.04 Å². The molecule has 0 aliphatic carbocycles. The molecule has 128 valence electrons. The average Bonchev–Trinajstić information content (AvgIpc) is 2.52. The summed E-state index contributed by atoms with van der Waals surface area (Å²) in [6.45, 7) is 3.97. The van der Waals surface area contributed by atoms with Gasteiger partial charge < -0.3 is 19.5 Å². The van der Waals surface area contributed by atoms with E-state index in [0.29, 0.717) is 17.9 Å². The molecule has 1 aromatic carbocycles. The summed E-state index contributed by atoms with van der Waals surface area (Å²) < 4.78 is 15.1. The summed E-state index contributed by atoms with van der Waals surface area (Å²) >= 11 is 0. The number of methoxy groups -OCH3 is 3. The second-order valence-electron chi connectivity index (χ2n) is 5.64. The average molecular weight is 323 g/mol. The summed E-state index contributed by atoms with van der Waals surface area (Å²) in [6.07, 6.45) is 0.677. The van der Waals surface area contributed by atoms with Gasteiger partial charge in [-0.3, -0.25) is 4.79 Å². The molecule has 1 rings (SSSR count). The molecule has 0 aliphatic rings. The Morgan fingerprint density at radius 3 is 2.26 bits per heavy atom. The third kappa shape index (κ3) is 5.81. The number of ether oxygens (including phenoxy) is 3. The lowest BCUT2D eigenvalue weighted by molar-refractivity contribution is -0.145. The van der Waals surface area contributed by atoms with Gasteiger partial charge in [0.25, 0.3) is 0 Å². The smallest absolute Gasteiger partial charge is 0.328 e. The van der Waals surface area contributed by atoms with E-state index in [1.165, 1.54) is 14.2 Å². The van der Waals surface area contributed by atoms with Crippen molar-refractivity contribution in [3.63, 3.8) is 0 Å². The van der Waals surface area contributed by atoms with Crippen molar-refractivity contribution in [2.45, 2.75) is 32.7 Å². The molecule has 0 unspecified atom stereocenters. The van der Waals surface area contributed by atoms with Crippen LogP contribution in [-0.4, -0.2) is 39.2 Å². The number of benzene rings is 1. The molecule has 0 aromatic heterocycles. The Labute approximate surface area is 137 Å². The molecular formula is C17H25NO5. The molecule has 0 spiro atoms. The highest BCUT2D eigenvalue weighted by molar-refractivity contribution is 5.85. The van der Waals surface area contributed by atoms with Crippen molar-refractivity contribution in [1.82, 2.24) is 5.32 Å². The predicted octanol–water partition coefficient (Wildman–Crippen LogP) is 1.95. The Hall–Kier alpha value is -2.24. The van der Waals surface area contributed by atoms with Crippen LogP contribution in [0.1, 0.15) is 25.8 Å². The molecule has 1 amide bonds. The van der Waals surface area contributed by atoms with E-state index in [9.17, 15) is 9.59 Å². The molecule has 0 bridgehead atoms. The largest absolute Gasteiger partial charge is 0.493 e. The van der Waals surface area contributed by atoms with E-state index in [4.69, 9.17) is 14.2 Å². The van der Waals surface area contributed by atoms with E-state index < -0.39 is 12.0 Å². The minimum Gasteiger partial charge on any atom is -0.493 e. The Balaban J connectivity index is 2.76. The van der Waals surface area contributed by atoms with Crippen LogP contribution in [0.4, 0.5) is 0 Å². The van der Waals surface area contributed by atoms with Gasteiger partial charge in [-0.15, -0.1) is 0 Å². The maximum Gasteiger partial charge on any atom is 0.328 e. The number of hydrogen-bond acceptors (Lipinski definition) is 5. The fourth-order valence-corrected chi connectivity index (χ4v) is 2.25. The normalized spacial score (nSPS) is 11.7. The maximum atomic E-state index is 12.2. The number of carbonyl (C=O) groups is 2. The van der Waals surface area contributed by atoms with Crippen LogP contribution in [0.25, 0.3) is 0 Å². The maximum absolute atomic E-state index is 12.2. The zero-order valence-electron chi connectivity index (χ0n) is 14.3. The highest BCUT2D eigenvalue weighted by Crippen LogP contribution is 2.27. The first-order chi connectivity index (χ1) is 10.9. The second-order valence-corrected chi connectivity index (χ2v) is 5.64. The minimum absolute atomic E-state index is 0.145. The van der Waals surface area contributed by atoms with Crippen molar-refractivity contribution < 1.29 is 23.8 Å². The monoisotopic (exact) mass is 323 g/mol. The van der Waals surface area contributed by atoms with Crippen LogP contribution in [0, 0.1) is 5.92 Å². The minimum atomic E-state index is -0.632. The van der Waals surface area contributed by atoms with Gasteiger partial charge in [-0.1, -0.05) is 19.9 Å². The van der Waals surface area contributed by atoms with E-state index in [2.05, 4.69) is 5.32 Å². The third-order valence-electron chi connectivity index (χ3n) is 3.34. The first kappa shape index (κ1) is 18.8. The van der Waals surface area contributed by atoms with Crippen molar-refractivity contribution in [2.24, 2.45) is 5.92 Å². The van der Waals surface area contributed by atoms with Crippen LogP contribution < -0.4 is 14.8 Å². The first-order valence-corrected chi connectivity index (χ1v) is 7.49. The van der Waals surface area contributed by atoms with Crippen molar-refractivity contribution in [3.05, 3.63) is 23.8 Å². The summed E-state index contributed by atoms with van der Waals surface area (Å²) in [5, 5.41) is 2.73. The number of carbonyl (C=O) groups excluding carboxylic acids is 2. The van der Waals surface area contributed by atoms with Gasteiger partial charge in [0.2, 0.25) is 5.91 Å².